The molecule has 1 aliphatic rings. The number of aromatic amines is 1. The van der Waals surface area contributed by atoms with Gasteiger partial charge in [0.15, 0.2) is 9.84 Å². The van der Waals surface area contributed by atoms with Crippen molar-refractivity contribution in [2.24, 2.45) is 0 Å². The Morgan fingerprint density at radius 2 is 1.94 bits per heavy atom. The third kappa shape index (κ3) is 4.54. The van der Waals surface area contributed by atoms with Crippen molar-refractivity contribution in [2.45, 2.75) is 24.8 Å². The van der Waals surface area contributed by atoms with Gasteiger partial charge in [-0.25, -0.2) is 8.42 Å². The number of amides is 1. The number of H-pyrrole nitrogens is 1. The van der Waals surface area contributed by atoms with E-state index in [1.165, 1.54) is 0 Å². The van der Waals surface area contributed by atoms with E-state index < -0.39 is 9.84 Å². The van der Waals surface area contributed by atoms with E-state index in [0.717, 1.165) is 33.5 Å². The minimum Gasteiger partial charge on any atom is -0.497 e. The molecule has 2 atom stereocenters. The van der Waals surface area contributed by atoms with Crippen molar-refractivity contribution in [3.63, 3.8) is 0 Å². The second-order valence-electron chi connectivity index (χ2n) is 7.82. The lowest BCUT2D eigenvalue weighted by Crippen LogP contribution is -2.36. The molecular formula is C23H26N2O5S. The molecule has 3 aromatic rings. The number of sulfone groups is 1. The number of rotatable bonds is 7. The molecule has 0 aliphatic carbocycles. The summed E-state index contributed by atoms with van der Waals surface area (Å²) in [6.45, 7) is 0. The summed E-state index contributed by atoms with van der Waals surface area (Å²) in [5.74, 6) is 1.18. The summed E-state index contributed by atoms with van der Waals surface area (Å²) in [5, 5.41) is 3.84. The Morgan fingerprint density at radius 3 is 2.58 bits per heavy atom. The van der Waals surface area contributed by atoms with Crippen molar-refractivity contribution in [2.75, 3.05) is 25.7 Å². The Bertz CT molecular complexity index is 1180. The van der Waals surface area contributed by atoms with Gasteiger partial charge in [0, 0.05) is 35.5 Å². The fourth-order valence-electron chi connectivity index (χ4n) is 4.25. The molecule has 31 heavy (non-hydrogen) atoms. The maximum Gasteiger partial charge on any atom is 0.221 e. The van der Waals surface area contributed by atoms with Crippen LogP contribution in [-0.2, 0) is 14.6 Å². The fraction of sp³-hybridized carbons (Fsp3) is 0.348. The number of benzene rings is 2. The molecule has 1 fully saturated rings. The Balaban J connectivity index is 1.68. The molecule has 0 bridgehead atoms. The van der Waals surface area contributed by atoms with Crippen molar-refractivity contribution in [3.05, 3.63) is 59.8 Å². The Hall–Kier alpha value is -3.00. The van der Waals surface area contributed by atoms with Crippen molar-refractivity contribution in [1.29, 1.82) is 0 Å². The number of hydrogen-bond acceptors (Lipinski definition) is 5. The third-order valence-electron chi connectivity index (χ3n) is 5.80. The Morgan fingerprint density at radius 1 is 1.16 bits per heavy atom. The summed E-state index contributed by atoms with van der Waals surface area (Å²) in [7, 11) is 0.177. The van der Waals surface area contributed by atoms with Crippen LogP contribution in [-0.4, -0.2) is 51.1 Å². The number of aromatic nitrogens is 1. The van der Waals surface area contributed by atoms with Crippen LogP contribution in [0.15, 0.2) is 48.7 Å². The van der Waals surface area contributed by atoms with E-state index >= 15 is 0 Å². The molecule has 2 N–H and O–H groups in total. The number of carbonyl (C=O) groups excluding carboxylic acids is 1. The maximum absolute atomic E-state index is 12.9. The van der Waals surface area contributed by atoms with Gasteiger partial charge in [0.25, 0.3) is 0 Å². The zero-order valence-corrected chi connectivity index (χ0v) is 18.4. The largest absolute Gasteiger partial charge is 0.497 e. The van der Waals surface area contributed by atoms with Crippen molar-refractivity contribution >= 4 is 26.6 Å². The van der Waals surface area contributed by atoms with Crippen molar-refractivity contribution in [1.82, 2.24) is 10.3 Å². The topological polar surface area (TPSA) is 97.5 Å². The molecule has 0 unspecified atom stereocenters. The standard InChI is InChI=1S/C23H26N2O5S/c1-29-17-8-6-15(7-9-17)18(12-22(26)25-16-10-11-31(27,28)14-16)19-13-24-20-4-3-5-21(30-2)23(19)20/h3-9,13,16,18,24H,10-12,14H2,1-2H3,(H,25,26)/t16-,18-/m1/s1. The first-order valence-electron chi connectivity index (χ1n) is 10.2. The van der Waals surface area contributed by atoms with Crippen LogP contribution >= 0.6 is 0 Å². The molecule has 1 aliphatic heterocycles. The lowest BCUT2D eigenvalue weighted by molar-refractivity contribution is -0.121. The van der Waals surface area contributed by atoms with Gasteiger partial charge in [-0.1, -0.05) is 18.2 Å². The highest BCUT2D eigenvalue weighted by Crippen LogP contribution is 2.38. The lowest BCUT2D eigenvalue weighted by Gasteiger charge is -2.19. The summed E-state index contributed by atoms with van der Waals surface area (Å²) in [6, 6.07) is 13.1. The van der Waals surface area contributed by atoms with Crippen LogP contribution in [0.4, 0.5) is 0 Å². The summed E-state index contributed by atoms with van der Waals surface area (Å²) >= 11 is 0. The fourth-order valence-corrected chi connectivity index (χ4v) is 5.92. The van der Waals surface area contributed by atoms with Gasteiger partial charge in [-0.3, -0.25) is 4.79 Å². The van der Waals surface area contributed by atoms with Crippen LogP contribution in [0, 0.1) is 0 Å². The van der Waals surface area contributed by atoms with Crippen LogP contribution in [0.3, 0.4) is 0 Å². The van der Waals surface area contributed by atoms with Gasteiger partial charge in [0.05, 0.1) is 25.7 Å². The number of ether oxygens (including phenoxy) is 2. The summed E-state index contributed by atoms with van der Waals surface area (Å²) in [6.07, 6.45) is 2.56. The first-order valence-corrected chi connectivity index (χ1v) is 12.0. The second kappa shape index (κ2) is 8.63. The Labute approximate surface area is 181 Å². The SMILES string of the molecule is COc1ccc([C@@H](CC(=O)N[C@@H]2CCS(=O)(=O)C2)c2c[nH]c3cccc(OC)c23)cc1. The molecule has 4 rings (SSSR count). The normalized spacial score (nSPS) is 18.6. The zero-order valence-electron chi connectivity index (χ0n) is 17.6. The number of hydrogen-bond donors (Lipinski definition) is 2. The quantitative estimate of drug-likeness (QED) is 0.586. The molecule has 2 heterocycles. The molecule has 1 aromatic heterocycles. The summed E-state index contributed by atoms with van der Waals surface area (Å²) in [4.78, 5) is 16.2. The van der Waals surface area contributed by atoms with Gasteiger partial charge < -0.3 is 19.8 Å². The summed E-state index contributed by atoms with van der Waals surface area (Å²) < 4.78 is 34.3. The minimum absolute atomic E-state index is 0.00680. The number of methoxy groups -OCH3 is 2. The average molecular weight is 443 g/mol. The molecule has 2 aromatic carbocycles. The van der Waals surface area contributed by atoms with Gasteiger partial charge in [-0.2, -0.15) is 0 Å². The molecule has 164 valence electrons. The van der Waals surface area contributed by atoms with E-state index in [0.29, 0.717) is 6.42 Å². The molecule has 8 heteroatoms. The summed E-state index contributed by atoms with van der Waals surface area (Å²) in [5.41, 5.74) is 2.84. The first kappa shape index (κ1) is 21.2. The van der Waals surface area contributed by atoms with E-state index in [2.05, 4.69) is 10.3 Å². The van der Waals surface area contributed by atoms with Crippen molar-refractivity contribution < 1.29 is 22.7 Å². The molecule has 0 spiro atoms. The van der Waals surface area contributed by atoms with Crippen LogP contribution in [0.5, 0.6) is 11.5 Å². The average Bonchev–Trinajstić information content (AvgIpc) is 3.34. The van der Waals surface area contributed by atoms with E-state index in [9.17, 15) is 13.2 Å². The maximum atomic E-state index is 12.9. The predicted molar refractivity (Wildman–Crippen MR) is 120 cm³/mol. The molecular weight excluding hydrogens is 416 g/mol. The molecule has 0 radical (unpaired) electrons. The Kier molecular flexibility index (Phi) is 5.91. The molecule has 0 saturated carbocycles. The highest BCUT2D eigenvalue weighted by Gasteiger charge is 2.30. The van der Waals surface area contributed by atoms with Gasteiger partial charge >= 0.3 is 0 Å². The molecule has 1 saturated heterocycles. The lowest BCUT2D eigenvalue weighted by atomic mass is 9.87. The number of carbonyl (C=O) groups is 1. The van der Waals surface area contributed by atoms with Gasteiger partial charge in [0.1, 0.15) is 11.5 Å². The van der Waals surface area contributed by atoms with Crippen LogP contribution in [0.1, 0.15) is 29.9 Å². The predicted octanol–water partition coefficient (Wildman–Crippen LogP) is 3.01. The first-order chi connectivity index (χ1) is 14.9. The van der Waals surface area contributed by atoms with Gasteiger partial charge in [-0.05, 0) is 41.8 Å². The minimum atomic E-state index is -3.06. The highest BCUT2D eigenvalue weighted by atomic mass is 32.2. The van der Waals surface area contributed by atoms with Gasteiger partial charge in [0.2, 0.25) is 5.91 Å². The van der Waals surface area contributed by atoms with Crippen LogP contribution in [0.2, 0.25) is 0 Å². The van der Waals surface area contributed by atoms with E-state index in [1.54, 1.807) is 14.2 Å². The highest BCUT2D eigenvalue weighted by molar-refractivity contribution is 7.91. The van der Waals surface area contributed by atoms with E-state index in [-0.39, 0.29) is 35.8 Å². The monoisotopic (exact) mass is 442 g/mol. The third-order valence-corrected chi connectivity index (χ3v) is 7.57. The van der Waals surface area contributed by atoms with Gasteiger partial charge in [-0.15, -0.1) is 0 Å². The zero-order chi connectivity index (χ0) is 22.0. The van der Waals surface area contributed by atoms with Crippen molar-refractivity contribution in [3.8, 4) is 11.5 Å². The number of fused-ring (bicyclic) bond motifs is 1. The van der Waals surface area contributed by atoms with Crippen LogP contribution < -0.4 is 14.8 Å². The van der Waals surface area contributed by atoms with E-state index in [1.807, 2.05) is 48.7 Å². The van der Waals surface area contributed by atoms with E-state index in [4.69, 9.17) is 9.47 Å². The van der Waals surface area contributed by atoms with Crippen LogP contribution in [0.25, 0.3) is 10.9 Å². The molecule has 7 nitrogen and oxygen atoms in total. The smallest absolute Gasteiger partial charge is 0.221 e. The molecule has 1 amide bonds. The second-order valence-corrected chi connectivity index (χ2v) is 10.1. The number of nitrogens with one attached hydrogen (secondary N) is 2.